The van der Waals surface area contributed by atoms with Crippen LogP contribution in [0.25, 0.3) is 0 Å². The van der Waals surface area contributed by atoms with Gasteiger partial charge in [-0.1, -0.05) is 20.7 Å². The van der Waals surface area contributed by atoms with E-state index in [1.807, 2.05) is 21.7 Å². The summed E-state index contributed by atoms with van der Waals surface area (Å²) in [7, 11) is 3.64. The van der Waals surface area contributed by atoms with Gasteiger partial charge in [0.05, 0.1) is 4.53 Å². The monoisotopic (exact) mass is 204 g/mol. The summed E-state index contributed by atoms with van der Waals surface area (Å²) >= 11 is 3.62. The van der Waals surface area contributed by atoms with E-state index in [9.17, 15) is 0 Å². The summed E-state index contributed by atoms with van der Waals surface area (Å²) in [5.74, 6) is 0. The molecule has 0 saturated carbocycles. The van der Waals surface area contributed by atoms with Gasteiger partial charge in [-0.05, 0) is 6.07 Å². The van der Waals surface area contributed by atoms with Crippen LogP contribution in [0, 0.1) is 8.38 Å². The molecule has 0 unspecified atom stereocenters. The van der Waals surface area contributed by atoms with E-state index in [-0.39, 0.29) is 0 Å². The van der Waals surface area contributed by atoms with Crippen LogP contribution in [0.15, 0.2) is 22.2 Å². The third-order valence-electron chi connectivity index (χ3n) is 1.03. The van der Waals surface area contributed by atoms with Gasteiger partial charge in [-0.2, -0.15) is 0 Å². The van der Waals surface area contributed by atoms with Crippen molar-refractivity contribution < 1.29 is 0 Å². The predicted octanol–water partition coefficient (Wildman–Crippen LogP) is 3.78. The zero-order chi connectivity index (χ0) is 6.81. The Hall–Kier alpha value is 0.1000. The minimum atomic E-state index is 1.40. The molecule has 0 nitrogen and oxygen atoms in total. The second kappa shape index (κ2) is 3.00. The molecule has 0 aromatic carbocycles. The lowest BCUT2D eigenvalue weighted by molar-refractivity contribution is 1.88. The first-order chi connectivity index (χ1) is 4.97. The quantitative estimate of drug-likeness (QED) is 0.573. The van der Waals surface area contributed by atoms with E-state index in [2.05, 4.69) is 22.2 Å². The van der Waals surface area contributed by atoms with Crippen LogP contribution in [0.5, 0.6) is 0 Å². The van der Waals surface area contributed by atoms with E-state index < -0.39 is 0 Å². The summed E-state index contributed by atoms with van der Waals surface area (Å²) in [5, 5.41) is 6.40. The van der Waals surface area contributed by atoms with E-state index >= 15 is 0 Å². The lowest BCUT2D eigenvalue weighted by atomic mass is 10.7. The fraction of sp³-hybridized carbons (Fsp3) is 0. The molecule has 2 aliphatic rings. The zero-order valence-electron chi connectivity index (χ0n) is 4.94. The molecule has 52 valence electrons. The molecule has 0 amide bonds. The van der Waals surface area contributed by atoms with E-state index in [1.165, 1.54) is 8.38 Å². The van der Waals surface area contributed by atoms with Crippen LogP contribution in [0.4, 0.5) is 0 Å². The molecule has 0 aromatic rings. The molecule has 0 N–H and O–H groups in total. The van der Waals surface area contributed by atoms with Gasteiger partial charge in [-0.25, -0.2) is 0 Å². The van der Waals surface area contributed by atoms with Gasteiger partial charge in [0.25, 0.3) is 0 Å². The molecule has 10 heavy (non-hydrogen) atoms. The Morgan fingerprint density at radius 3 is 2.80 bits per heavy atom. The fourth-order valence-electron chi connectivity index (χ4n) is 0.626. The maximum absolute atomic E-state index is 2.18. The first kappa shape index (κ1) is 6.79. The molecule has 0 atom stereocenters. The topological polar surface area (TPSA) is 0 Å². The van der Waals surface area contributed by atoms with Crippen molar-refractivity contribution in [2.24, 2.45) is 0 Å². The highest BCUT2D eigenvalue weighted by atomic mass is 32.9. The van der Waals surface area contributed by atoms with E-state index in [1.54, 1.807) is 21.7 Å². The molecule has 0 aliphatic carbocycles. The third kappa shape index (κ3) is 1.25. The van der Waals surface area contributed by atoms with Crippen LogP contribution < -0.4 is 0 Å². The number of hydrogen-bond donors (Lipinski definition) is 0. The SMILES string of the molecule is c1cc2sccsc=2ss1. The maximum Gasteiger partial charge on any atom is 0.107 e. The van der Waals surface area contributed by atoms with Crippen LogP contribution >= 0.6 is 43.4 Å². The van der Waals surface area contributed by atoms with E-state index in [0.717, 1.165) is 0 Å². The summed E-state index contributed by atoms with van der Waals surface area (Å²) in [5.41, 5.74) is 0. The molecule has 0 saturated heterocycles. The molecule has 0 fully saturated rings. The lowest BCUT2D eigenvalue weighted by Gasteiger charge is -1.85. The van der Waals surface area contributed by atoms with Crippen molar-refractivity contribution in [1.29, 1.82) is 0 Å². The smallest absolute Gasteiger partial charge is 0.107 e. The Morgan fingerprint density at radius 2 is 1.90 bits per heavy atom. The van der Waals surface area contributed by atoms with E-state index in [0.29, 0.717) is 0 Å². The van der Waals surface area contributed by atoms with Crippen molar-refractivity contribution in [3.8, 4) is 0 Å². The lowest BCUT2D eigenvalue weighted by Crippen LogP contribution is -1.58. The summed E-state index contributed by atoms with van der Waals surface area (Å²) < 4.78 is 2.83. The summed E-state index contributed by atoms with van der Waals surface area (Å²) in [6.45, 7) is 0. The van der Waals surface area contributed by atoms with Gasteiger partial charge in [-0.3, -0.25) is 0 Å². The number of rotatable bonds is 0. The predicted molar refractivity (Wildman–Crippen MR) is 50.9 cm³/mol. The Labute approximate surface area is 73.8 Å². The molecular weight excluding hydrogens is 200 g/mol. The van der Waals surface area contributed by atoms with Crippen LogP contribution in [0.1, 0.15) is 0 Å². The Morgan fingerprint density at radius 1 is 1.00 bits per heavy atom. The molecule has 0 radical (unpaired) electrons. The summed E-state index contributed by atoms with van der Waals surface area (Å²) in [6, 6.07) is 2.18. The number of hydrogen-bond acceptors (Lipinski definition) is 4. The third-order valence-corrected chi connectivity index (χ3v) is 5.72. The van der Waals surface area contributed by atoms with Crippen LogP contribution in [-0.4, -0.2) is 0 Å². The minimum Gasteiger partial charge on any atom is -0.141 e. The highest BCUT2D eigenvalue weighted by Crippen LogP contribution is 2.16. The molecule has 2 aliphatic heterocycles. The van der Waals surface area contributed by atoms with Crippen molar-refractivity contribution in [2.45, 2.75) is 0 Å². The van der Waals surface area contributed by atoms with Gasteiger partial charge in [0.1, 0.15) is 3.85 Å². The Bertz CT molecular complexity index is 314. The second-order valence-electron chi connectivity index (χ2n) is 1.64. The summed E-state index contributed by atoms with van der Waals surface area (Å²) in [6.07, 6.45) is 0. The van der Waals surface area contributed by atoms with Gasteiger partial charge in [0, 0.05) is 16.1 Å². The first-order valence-corrected chi connectivity index (χ1v) is 6.66. The standard InChI is InChI=1S/C6H4S4/c1-2-9-10-6-5(1)7-3-4-8-6/h1-4H. The van der Waals surface area contributed by atoms with Gasteiger partial charge in [0.2, 0.25) is 0 Å². The minimum absolute atomic E-state index is 1.40. The largest absolute Gasteiger partial charge is 0.141 e. The van der Waals surface area contributed by atoms with Crippen LogP contribution in [0.3, 0.4) is 0 Å². The molecular formula is C6H4S4. The highest BCUT2D eigenvalue weighted by Gasteiger charge is 1.84. The molecule has 2 heterocycles. The van der Waals surface area contributed by atoms with Gasteiger partial charge < -0.3 is 0 Å². The Balaban J connectivity index is 3.04. The van der Waals surface area contributed by atoms with Crippen LogP contribution in [0.2, 0.25) is 0 Å². The van der Waals surface area contributed by atoms with Crippen molar-refractivity contribution >= 4 is 43.4 Å². The molecule has 0 spiro atoms. The van der Waals surface area contributed by atoms with Crippen molar-refractivity contribution in [3.05, 3.63) is 30.6 Å². The van der Waals surface area contributed by atoms with Crippen molar-refractivity contribution in [3.63, 3.8) is 0 Å². The molecule has 4 heteroatoms. The van der Waals surface area contributed by atoms with Gasteiger partial charge in [-0.15, -0.1) is 22.7 Å². The van der Waals surface area contributed by atoms with Gasteiger partial charge in [0.15, 0.2) is 0 Å². The molecule has 0 bridgehead atoms. The average Bonchev–Trinajstić information content (AvgIpc) is 2.05. The van der Waals surface area contributed by atoms with E-state index in [4.69, 9.17) is 0 Å². The molecule has 2 rings (SSSR count). The average molecular weight is 204 g/mol. The second-order valence-corrected chi connectivity index (χ2v) is 5.88. The van der Waals surface area contributed by atoms with Crippen LogP contribution in [-0.2, 0) is 0 Å². The fourth-order valence-corrected chi connectivity index (χ4v) is 4.95. The highest BCUT2D eigenvalue weighted by molar-refractivity contribution is 7.69. The van der Waals surface area contributed by atoms with Gasteiger partial charge >= 0.3 is 0 Å². The van der Waals surface area contributed by atoms with Crippen molar-refractivity contribution in [1.82, 2.24) is 0 Å². The normalized spacial score (nSPS) is 10.0. The molecule has 0 aromatic heterocycles. The summed E-state index contributed by atoms with van der Waals surface area (Å²) in [4.78, 5) is 0. The first-order valence-electron chi connectivity index (χ1n) is 2.69. The Kier molecular flexibility index (Phi) is 2.04. The maximum atomic E-state index is 2.18. The van der Waals surface area contributed by atoms with Crippen molar-refractivity contribution in [2.75, 3.05) is 0 Å². The zero-order valence-corrected chi connectivity index (χ0v) is 8.21.